The minimum Gasteiger partial charge on any atom is -0.497 e. The second kappa shape index (κ2) is 10.1. The Bertz CT molecular complexity index is 1340. The van der Waals surface area contributed by atoms with Crippen LogP contribution in [-0.2, 0) is 4.79 Å². The summed E-state index contributed by atoms with van der Waals surface area (Å²) < 4.78 is 6.94. The SMILES string of the molecule is COc1ccc(C2CC(c3ccccc3)=NN2C(=O)CSc2nnnn2-c2ccc(C)cc2)cc1. The minimum atomic E-state index is -0.197. The molecule has 5 rings (SSSR count). The molecule has 0 radical (unpaired) electrons. The van der Waals surface area contributed by atoms with Gasteiger partial charge in [0.15, 0.2) is 0 Å². The number of thioether (sulfide) groups is 1. The van der Waals surface area contributed by atoms with Crippen molar-refractivity contribution in [1.82, 2.24) is 25.2 Å². The second-order valence-corrected chi connectivity index (χ2v) is 9.08. The van der Waals surface area contributed by atoms with Crippen molar-refractivity contribution in [3.63, 3.8) is 0 Å². The van der Waals surface area contributed by atoms with Crippen molar-refractivity contribution in [3.8, 4) is 11.4 Å². The monoisotopic (exact) mass is 484 g/mol. The third-order valence-electron chi connectivity index (χ3n) is 5.82. The third-order valence-corrected chi connectivity index (χ3v) is 6.72. The van der Waals surface area contributed by atoms with Crippen LogP contribution in [0, 0.1) is 6.92 Å². The van der Waals surface area contributed by atoms with Gasteiger partial charge in [-0.15, -0.1) is 5.10 Å². The highest BCUT2D eigenvalue weighted by atomic mass is 32.2. The van der Waals surface area contributed by atoms with Gasteiger partial charge in [0.25, 0.3) is 5.91 Å². The molecule has 2 heterocycles. The third kappa shape index (κ3) is 4.95. The van der Waals surface area contributed by atoms with Crippen molar-refractivity contribution in [2.24, 2.45) is 5.10 Å². The second-order valence-electron chi connectivity index (χ2n) is 8.14. The fourth-order valence-electron chi connectivity index (χ4n) is 3.94. The molecule has 35 heavy (non-hydrogen) atoms. The molecule has 0 fully saturated rings. The van der Waals surface area contributed by atoms with Crippen molar-refractivity contribution < 1.29 is 9.53 Å². The number of carbonyl (C=O) groups is 1. The number of hydrazone groups is 1. The highest BCUT2D eigenvalue weighted by Crippen LogP contribution is 2.34. The molecule has 0 aliphatic carbocycles. The van der Waals surface area contributed by atoms with E-state index in [9.17, 15) is 4.79 Å². The number of amides is 1. The quantitative estimate of drug-likeness (QED) is 0.360. The van der Waals surface area contributed by atoms with Gasteiger partial charge in [-0.2, -0.15) is 9.78 Å². The van der Waals surface area contributed by atoms with Gasteiger partial charge in [0, 0.05) is 6.42 Å². The van der Waals surface area contributed by atoms with Gasteiger partial charge in [-0.05, 0) is 52.7 Å². The zero-order chi connectivity index (χ0) is 24.2. The Labute approximate surface area is 207 Å². The number of tetrazole rings is 1. The lowest BCUT2D eigenvalue weighted by Crippen LogP contribution is -2.28. The van der Waals surface area contributed by atoms with Crippen molar-refractivity contribution >= 4 is 23.4 Å². The van der Waals surface area contributed by atoms with Gasteiger partial charge in [-0.25, -0.2) is 5.01 Å². The topological polar surface area (TPSA) is 85.5 Å². The number of nitrogens with zero attached hydrogens (tertiary/aromatic N) is 6. The number of carbonyl (C=O) groups excluding carboxylic acids is 1. The fraction of sp³-hybridized carbons (Fsp3) is 0.192. The highest BCUT2D eigenvalue weighted by Gasteiger charge is 2.33. The predicted octanol–water partition coefficient (Wildman–Crippen LogP) is 4.45. The van der Waals surface area contributed by atoms with Crippen LogP contribution in [0.5, 0.6) is 5.75 Å². The van der Waals surface area contributed by atoms with E-state index in [1.54, 1.807) is 16.8 Å². The molecular formula is C26H24N6O2S. The summed E-state index contributed by atoms with van der Waals surface area (Å²) in [6.45, 7) is 2.03. The maximum Gasteiger partial charge on any atom is 0.253 e. The van der Waals surface area contributed by atoms with Crippen LogP contribution in [-0.4, -0.2) is 49.7 Å². The van der Waals surface area contributed by atoms with Crippen LogP contribution in [0.2, 0.25) is 0 Å². The van der Waals surface area contributed by atoms with Gasteiger partial charge < -0.3 is 4.74 Å². The first-order valence-electron chi connectivity index (χ1n) is 11.2. The molecule has 1 aromatic heterocycles. The zero-order valence-corrected chi connectivity index (χ0v) is 20.2. The van der Waals surface area contributed by atoms with Gasteiger partial charge in [-0.1, -0.05) is 71.9 Å². The maximum absolute atomic E-state index is 13.4. The first-order valence-corrected chi connectivity index (χ1v) is 12.2. The van der Waals surface area contributed by atoms with Crippen LogP contribution in [0.1, 0.15) is 29.2 Å². The van der Waals surface area contributed by atoms with E-state index in [1.807, 2.05) is 85.8 Å². The largest absolute Gasteiger partial charge is 0.497 e. The Morgan fingerprint density at radius 2 is 1.77 bits per heavy atom. The molecule has 4 aromatic rings. The Morgan fingerprint density at radius 3 is 2.49 bits per heavy atom. The van der Waals surface area contributed by atoms with Crippen molar-refractivity contribution in [2.45, 2.75) is 24.5 Å². The lowest BCUT2D eigenvalue weighted by atomic mass is 9.98. The van der Waals surface area contributed by atoms with E-state index in [4.69, 9.17) is 9.84 Å². The highest BCUT2D eigenvalue weighted by molar-refractivity contribution is 7.99. The number of aryl methyl sites for hydroxylation is 1. The molecule has 1 atom stereocenters. The number of hydrogen-bond acceptors (Lipinski definition) is 7. The van der Waals surface area contributed by atoms with Crippen LogP contribution in [0.4, 0.5) is 0 Å². The van der Waals surface area contributed by atoms with Crippen LogP contribution in [0.3, 0.4) is 0 Å². The maximum atomic E-state index is 13.4. The Hall–Kier alpha value is -3.98. The molecule has 3 aromatic carbocycles. The number of rotatable bonds is 7. The van der Waals surface area contributed by atoms with Crippen LogP contribution >= 0.6 is 11.8 Å². The molecule has 1 aliphatic rings. The van der Waals surface area contributed by atoms with E-state index in [0.29, 0.717) is 11.6 Å². The summed E-state index contributed by atoms with van der Waals surface area (Å²) in [5, 5.41) is 18.9. The summed E-state index contributed by atoms with van der Waals surface area (Å²) in [7, 11) is 1.64. The molecule has 0 saturated heterocycles. The van der Waals surface area contributed by atoms with Crippen molar-refractivity contribution in [2.75, 3.05) is 12.9 Å². The predicted molar refractivity (Wildman–Crippen MR) is 135 cm³/mol. The zero-order valence-electron chi connectivity index (χ0n) is 19.4. The number of hydrogen-bond donors (Lipinski definition) is 0. The molecule has 0 spiro atoms. The van der Waals surface area contributed by atoms with Gasteiger partial charge in [0.05, 0.1) is 30.3 Å². The van der Waals surface area contributed by atoms with Crippen molar-refractivity contribution in [3.05, 3.63) is 95.6 Å². The molecule has 1 aliphatic heterocycles. The number of benzene rings is 3. The van der Waals surface area contributed by atoms with E-state index in [2.05, 4.69) is 15.5 Å². The Morgan fingerprint density at radius 1 is 1.03 bits per heavy atom. The number of ether oxygens (including phenoxy) is 1. The molecule has 1 unspecified atom stereocenters. The summed E-state index contributed by atoms with van der Waals surface area (Å²) in [5.74, 6) is 0.817. The molecule has 1 amide bonds. The van der Waals surface area contributed by atoms with Crippen LogP contribution < -0.4 is 4.74 Å². The van der Waals surface area contributed by atoms with E-state index in [1.165, 1.54) is 11.8 Å². The van der Waals surface area contributed by atoms with Crippen molar-refractivity contribution in [1.29, 1.82) is 0 Å². The molecule has 176 valence electrons. The molecule has 0 N–H and O–H groups in total. The first kappa shape index (κ1) is 22.8. The molecule has 9 heteroatoms. The molecule has 0 saturated carbocycles. The average molecular weight is 485 g/mol. The van der Waals surface area contributed by atoms with Gasteiger partial charge in [0.1, 0.15) is 5.75 Å². The summed E-state index contributed by atoms with van der Waals surface area (Å²) in [6, 6.07) is 25.4. The lowest BCUT2D eigenvalue weighted by molar-refractivity contribution is -0.130. The van der Waals surface area contributed by atoms with E-state index < -0.39 is 0 Å². The Kier molecular flexibility index (Phi) is 6.58. The number of aromatic nitrogens is 4. The molecule has 0 bridgehead atoms. The van der Waals surface area contributed by atoms with E-state index in [0.717, 1.165) is 33.8 Å². The van der Waals surface area contributed by atoms with E-state index in [-0.39, 0.29) is 17.7 Å². The van der Waals surface area contributed by atoms with Crippen LogP contribution in [0.25, 0.3) is 5.69 Å². The van der Waals surface area contributed by atoms with E-state index >= 15 is 0 Å². The average Bonchev–Trinajstić information content (AvgIpc) is 3.56. The fourth-order valence-corrected chi connectivity index (χ4v) is 4.68. The van der Waals surface area contributed by atoms with Gasteiger partial charge in [-0.3, -0.25) is 4.79 Å². The molecule has 8 nitrogen and oxygen atoms in total. The summed E-state index contributed by atoms with van der Waals surface area (Å²) in [5.41, 5.74) is 4.89. The summed E-state index contributed by atoms with van der Waals surface area (Å²) >= 11 is 1.29. The summed E-state index contributed by atoms with van der Waals surface area (Å²) in [4.78, 5) is 13.4. The first-order chi connectivity index (χ1) is 17.1. The summed E-state index contributed by atoms with van der Waals surface area (Å²) in [6.07, 6.45) is 0.633. The van der Waals surface area contributed by atoms with Crippen LogP contribution in [0.15, 0.2) is 89.1 Å². The van der Waals surface area contributed by atoms with Gasteiger partial charge >= 0.3 is 0 Å². The van der Waals surface area contributed by atoms with Gasteiger partial charge in [0.2, 0.25) is 5.16 Å². The lowest BCUT2D eigenvalue weighted by Gasteiger charge is -2.22. The minimum absolute atomic E-state index is 0.111. The number of methoxy groups -OCH3 is 1. The normalized spacial score (nSPS) is 15.2. The molecular weight excluding hydrogens is 460 g/mol. The smallest absolute Gasteiger partial charge is 0.253 e. The Balaban J connectivity index is 1.37. The standard InChI is InChI=1S/C26H24N6O2S/c1-18-8-12-21(13-9-18)31-26(27-29-30-31)35-17-25(33)32-24(20-10-14-22(34-2)15-11-20)16-23(28-32)19-6-4-3-5-7-19/h3-15,24H,16-17H2,1-2H3.